The fraction of sp³-hybridized carbons (Fsp3) is 0.538. The normalized spacial score (nSPS) is 12.7. The third kappa shape index (κ3) is 3.81. The van der Waals surface area contributed by atoms with Crippen LogP contribution in [0.1, 0.15) is 24.5 Å². The summed E-state index contributed by atoms with van der Waals surface area (Å²) in [6.45, 7) is 5.11. The number of aryl methyl sites for hydroxylation is 2. The highest BCUT2D eigenvalue weighted by Crippen LogP contribution is 2.25. The molecule has 0 radical (unpaired) electrons. The first kappa shape index (κ1) is 18.1. The Balaban J connectivity index is 3.32. The molecule has 1 aromatic carbocycles. The smallest absolute Gasteiger partial charge is 0.207 e. The molecule has 0 atom stereocenters. The molecule has 3 nitrogen and oxygen atoms in total. The third-order valence-electron chi connectivity index (χ3n) is 3.23. The van der Waals surface area contributed by atoms with E-state index >= 15 is 0 Å². The van der Waals surface area contributed by atoms with Gasteiger partial charge in [-0.3, -0.25) is 0 Å². The lowest BCUT2D eigenvalue weighted by Crippen LogP contribution is -2.51. The Kier molecular flexibility index (Phi) is 6.19. The SMILES string of the molecule is CCC(CBr)(CBr)NS(=O)(=O)c1c(C)cc(F)cc1C. The van der Waals surface area contributed by atoms with Gasteiger partial charge < -0.3 is 0 Å². The monoisotopic (exact) mass is 429 g/mol. The molecular formula is C13H18Br2FNO2S. The molecule has 1 aromatic rings. The van der Waals surface area contributed by atoms with E-state index in [4.69, 9.17) is 0 Å². The van der Waals surface area contributed by atoms with Gasteiger partial charge in [-0.25, -0.2) is 17.5 Å². The fourth-order valence-corrected chi connectivity index (χ4v) is 6.31. The van der Waals surface area contributed by atoms with E-state index in [2.05, 4.69) is 36.6 Å². The zero-order valence-electron chi connectivity index (χ0n) is 11.6. The van der Waals surface area contributed by atoms with Crippen LogP contribution in [-0.2, 0) is 10.0 Å². The van der Waals surface area contributed by atoms with E-state index in [1.807, 2.05) is 6.92 Å². The van der Waals surface area contributed by atoms with Crippen molar-refractivity contribution >= 4 is 41.9 Å². The van der Waals surface area contributed by atoms with Gasteiger partial charge in [0.15, 0.2) is 0 Å². The van der Waals surface area contributed by atoms with Crippen LogP contribution in [-0.4, -0.2) is 24.6 Å². The molecule has 0 aliphatic carbocycles. The van der Waals surface area contributed by atoms with Crippen LogP contribution >= 0.6 is 31.9 Å². The highest BCUT2D eigenvalue weighted by molar-refractivity contribution is 9.09. The van der Waals surface area contributed by atoms with E-state index in [0.717, 1.165) is 0 Å². The molecule has 1 N–H and O–H groups in total. The molecule has 7 heteroatoms. The number of alkyl halides is 2. The van der Waals surface area contributed by atoms with Crippen molar-refractivity contribution in [3.05, 3.63) is 29.1 Å². The Hall–Kier alpha value is 0.0200. The molecule has 0 aliphatic rings. The molecule has 0 aromatic heterocycles. The van der Waals surface area contributed by atoms with E-state index in [9.17, 15) is 12.8 Å². The Labute approximate surface area is 136 Å². The van der Waals surface area contributed by atoms with Crippen LogP contribution in [0.25, 0.3) is 0 Å². The Morgan fingerprint density at radius 3 is 2.00 bits per heavy atom. The molecule has 0 heterocycles. The summed E-state index contributed by atoms with van der Waals surface area (Å²) >= 11 is 6.70. The molecule has 0 fully saturated rings. The number of hydrogen-bond acceptors (Lipinski definition) is 2. The lowest BCUT2D eigenvalue weighted by molar-refractivity contribution is 0.459. The lowest BCUT2D eigenvalue weighted by atomic mass is 10.0. The van der Waals surface area contributed by atoms with Gasteiger partial charge in [0.05, 0.1) is 10.4 Å². The van der Waals surface area contributed by atoms with E-state index in [-0.39, 0.29) is 4.90 Å². The van der Waals surface area contributed by atoms with Crippen LogP contribution in [0.15, 0.2) is 17.0 Å². The minimum atomic E-state index is -3.71. The number of hydrogen-bond donors (Lipinski definition) is 1. The molecule has 0 amide bonds. The maximum absolute atomic E-state index is 13.3. The van der Waals surface area contributed by atoms with Crippen molar-refractivity contribution in [2.45, 2.75) is 37.6 Å². The number of benzene rings is 1. The van der Waals surface area contributed by atoms with Gasteiger partial charge in [-0.2, -0.15) is 0 Å². The van der Waals surface area contributed by atoms with Crippen molar-refractivity contribution < 1.29 is 12.8 Å². The lowest BCUT2D eigenvalue weighted by Gasteiger charge is -2.30. The van der Waals surface area contributed by atoms with Gasteiger partial charge in [-0.15, -0.1) is 0 Å². The standard InChI is InChI=1S/C13H18Br2FNO2S/c1-4-13(7-14,8-15)17-20(18,19)12-9(2)5-11(16)6-10(12)3/h5-6,17H,4,7-8H2,1-3H3. The van der Waals surface area contributed by atoms with Gasteiger partial charge in [-0.05, 0) is 43.5 Å². The summed E-state index contributed by atoms with van der Waals surface area (Å²) in [5.41, 5.74) is 0.208. The number of nitrogens with one attached hydrogen (secondary N) is 1. The second-order valence-corrected chi connectivity index (χ2v) is 7.62. The highest BCUT2D eigenvalue weighted by atomic mass is 79.9. The van der Waals surface area contributed by atoms with E-state index in [1.165, 1.54) is 12.1 Å². The molecule has 0 saturated carbocycles. The average Bonchev–Trinajstić information content (AvgIpc) is 2.34. The average molecular weight is 431 g/mol. The second kappa shape index (κ2) is 6.85. The Morgan fingerprint density at radius 2 is 1.65 bits per heavy atom. The number of rotatable bonds is 6. The van der Waals surface area contributed by atoms with Crippen LogP contribution in [0.5, 0.6) is 0 Å². The first-order valence-corrected chi connectivity index (χ1v) is 9.86. The zero-order chi connectivity index (χ0) is 15.6. The molecule has 0 spiro atoms. The van der Waals surface area contributed by atoms with E-state index in [1.54, 1.807) is 13.8 Å². The summed E-state index contributed by atoms with van der Waals surface area (Å²) < 4.78 is 41.2. The maximum atomic E-state index is 13.3. The molecular weight excluding hydrogens is 413 g/mol. The largest absolute Gasteiger partial charge is 0.241 e. The van der Waals surface area contributed by atoms with Crippen molar-refractivity contribution in [1.82, 2.24) is 4.72 Å². The van der Waals surface area contributed by atoms with Crippen LogP contribution in [0, 0.1) is 19.7 Å². The van der Waals surface area contributed by atoms with Gasteiger partial charge in [0.2, 0.25) is 10.0 Å². The summed E-state index contributed by atoms with van der Waals surface area (Å²) in [6, 6.07) is 2.47. The quantitative estimate of drug-likeness (QED) is 0.700. The van der Waals surface area contributed by atoms with Crippen molar-refractivity contribution in [3.63, 3.8) is 0 Å². The molecule has 20 heavy (non-hydrogen) atoms. The minimum absolute atomic E-state index is 0.152. The summed E-state index contributed by atoms with van der Waals surface area (Å²) in [5.74, 6) is -0.429. The van der Waals surface area contributed by atoms with Gasteiger partial charge in [0.1, 0.15) is 5.82 Å². The second-order valence-electron chi connectivity index (χ2n) is 4.88. The first-order valence-electron chi connectivity index (χ1n) is 6.14. The molecule has 0 saturated heterocycles. The van der Waals surface area contributed by atoms with Gasteiger partial charge in [-0.1, -0.05) is 38.8 Å². The summed E-state index contributed by atoms with van der Waals surface area (Å²) in [7, 11) is -3.71. The maximum Gasteiger partial charge on any atom is 0.241 e. The van der Waals surface area contributed by atoms with Crippen molar-refractivity contribution in [1.29, 1.82) is 0 Å². The zero-order valence-corrected chi connectivity index (χ0v) is 15.6. The van der Waals surface area contributed by atoms with Crippen molar-refractivity contribution in [2.75, 3.05) is 10.7 Å². The van der Waals surface area contributed by atoms with Crippen molar-refractivity contribution in [3.8, 4) is 0 Å². The molecule has 114 valence electrons. The van der Waals surface area contributed by atoms with Gasteiger partial charge in [0.25, 0.3) is 0 Å². The van der Waals surface area contributed by atoms with Crippen molar-refractivity contribution in [2.24, 2.45) is 0 Å². The number of sulfonamides is 1. The van der Waals surface area contributed by atoms with Crippen LogP contribution in [0.3, 0.4) is 0 Å². The molecule has 0 bridgehead atoms. The first-order chi connectivity index (χ1) is 9.21. The Morgan fingerprint density at radius 1 is 1.20 bits per heavy atom. The molecule has 1 rings (SSSR count). The highest BCUT2D eigenvalue weighted by Gasteiger charge is 2.33. The van der Waals surface area contributed by atoms with Crippen LogP contribution in [0.2, 0.25) is 0 Å². The summed E-state index contributed by atoms with van der Waals surface area (Å²) in [6.07, 6.45) is 0.627. The fourth-order valence-electron chi connectivity index (χ4n) is 2.01. The minimum Gasteiger partial charge on any atom is -0.207 e. The topological polar surface area (TPSA) is 46.2 Å². The number of halogens is 3. The predicted octanol–water partition coefficient (Wildman–Crippen LogP) is 3.66. The Bertz CT molecular complexity index is 555. The van der Waals surface area contributed by atoms with Gasteiger partial charge in [0, 0.05) is 10.7 Å². The third-order valence-corrected chi connectivity index (χ3v) is 7.26. The predicted molar refractivity (Wildman–Crippen MR) is 86.8 cm³/mol. The van der Waals surface area contributed by atoms with Crippen LogP contribution < -0.4 is 4.72 Å². The summed E-state index contributed by atoms with van der Waals surface area (Å²) in [4.78, 5) is 0.152. The van der Waals surface area contributed by atoms with Crippen LogP contribution in [0.4, 0.5) is 4.39 Å². The molecule has 0 aliphatic heterocycles. The van der Waals surface area contributed by atoms with E-state index in [0.29, 0.717) is 28.2 Å². The van der Waals surface area contributed by atoms with E-state index < -0.39 is 21.4 Å². The van der Waals surface area contributed by atoms with Gasteiger partial charge >= 0.3 is 0 Å². The molecule has 0 unspecified atom stereocenters. The summed E-state index contributed by atoms with van der Waals surface area (Å²) in [5, 5.41) is 0.973.